The largest absolute Gasteiger partial charge is 0.493 e. The highest BCUT2D eigenvalue weighted by molar-refractivity contribution is 5.91. The molecular formula is C20H23NO5. The molecule has 138 valence electrons. The third-order valence-electron chi connectivity index (χ3n) is 3.77. The lowest BCUT2D eigenvalue weighted by Crippen LogP contribution is -2.26. The van der Waals surface area contributed by atoms with E-state index in [0.717, 1.165) is 5.56 Å². The lowest BCUT2D eigenvalue weighted by Gasteiger charge is -2.17. The summed E-state index contributed by atoms with van der Waals surface area (Å²) in [6, 6.07) is 12.8. The van der Waals surface area contributed by atoms with Gasteiger partial charge in [-0.2, -0.15) is 0 Å². The van der Waals surface area contributed by atoms with Gasteiger partial charge in [-0.3, -0.25) is 4.79 Å². The molecule has 2 aromatic rings. The summed E-state index contributed by atoms with van der Waals surface area (Å²) in [5.74, 6) is 1.04. The molecule has 0 aliphatic heterocycles. The molecule has 0 heterocycles. The Morgan fingerprint density at radius 1 is 1.08 bits per heavy atom. The Kier molecular flexibility index (Phi) is 7.05. The molecule has 26 heavy (non-hydrogen) atoms. The number of benzene rings is 2. The third kappa shape index (κ3) is 5.00. The van der Waals surface area contributed by atoms with Gasteiger partial charge in [-0.05, 0) is 29.3 Å². The van der Waals surface area contributed by atoms with Crippen molar-refractivity contribution in [1.82, 2.24) is 5.32 Å². The summed E-state index contributed by atoms with van der Waals surface area (Å²) >= 11 is 0. The molecule has 0 spiro atoms. The van der Waals surface area contributed by atoms with E-state index >= 15 is 0 Å². The second-order valence-electron chi connectivity index (χ2n) is 5.46. The Labute approximate surface area is 153 Å². The van der Waals surface area contributed by atoms with Gasteiger partial charge < -0.3 is 24.6 Å². The first-order valence-electron chi connectivity index (χ1n) is 8.08. The molecule has 0 fully saturated rings. The van der Waals surface area contributed by atoms with E-state index in [4.69, 9.17) is 14.2 Å². The van der Waals surface area contributed by atoms with Crippen molar-refractivity contribution in [3.8, 4) is 17.2 Å². The number of aliphatic hydroxyl groups excluding tert-OH is 1. The van der Waals surface area contributed by atoms with Gasteiger partial charge in [0.15, 0.2) is 11.5 Å². The number of amides is 1. The number of carbonyl (C=O) groups is 1. The molecule has 0 aromatic heterocycles. The van der Waals surface area contributed by atoms with Crippen LogP contribution in [0.3, 0.4) is 0 Å². The van der Waals surface area contributed by atoms with Gasteiger partial charge >= 0.3 is 0 Å². The molecule has 0 aliphatic carbocycles. The molecule has 0 aliphatic rings. The summed E-state index contributed by atoms with van der Waals surface area (Å²) in [5.41, 5.74) is 1.47. The zero-order chi connectivity index (χ0) is 18.9. The minimum absolute atomic E-state index is 0.0522. The topological polar surface area (TPSA) is 77.0 Å². The molecule has 0 radical (unpaired) electrons. The predicted molar refractivity (Wildman–Crippen MR) is 99.5 cm³/mol. The van der Waals surface area contributed by atoms with Crippen molar-refractivity contribution in [3.63, 3.8) is 0 Å². The van der Waals surface area contributed by atoms with E-state index in [-0.39, 0.29) is 12.5 Å². The van der Waals surface area contributed by atoms with Crippen molar-refractivity contribution in [1.29, 1.82) is 0 Å². The Hall–Kier alpha value is -2.99. The molecule has 0 unspecified atom stereocenters. The highest BCUT2D eigenvalue weighted by Crippen LogP contribution is 2.39. The lowest BCUT2D eigenvalue weighted by atomic mass is 10.1. The Morgan fingerprint density at radius 3 is 2.23 bits per heavy atom. The second-order valence-corrected chi connectivity index (χ2v) is 5.46. The monoisotopic (exact) mass is 357 g/mol. The SMILES string of the molecule is COc1cc([C@@H](O)CNC(=O)/C=C/c2ccccc2)cc(OC)c1OC. The van der Waals surface area contributed by atoms with Gasteiger partial charge in [0.05, 0.1) is 27.4 Å². The number of ether oxygens (including phenoxy) is 3. The minimum atomic E-state index is -0.919. The number of carbonyl (C=O) groups excluding carboxylic acids is 1. The van der Waals surface area contributed by atoms with Gasteiger partial charge in [-0.25, -0.2) is 0 Å². The normalized spacial score (nSPS) is 11.8. The maximum atomic E-state index is 11.9. The molecule has 6 nitrogen and oxygen atoms in total. The number of nitrogens with one attached hydrogen (secondary N) is 1. The van der Waals surface area contributed by atoms with E-state index < -0.39 is 6.10 Å². The van der Waals surface area contributed by atoms with E-state index in [2.05, 4.69) is 5.32 Å². The van der Waals surface area contributed by atoms with Crippen molar-refractivity contribution in [3.05, 3.63) is 59.7 Å². The first kappa shape index (κ1) is 19.3. The molecule has 2 N–H and O–H groups in total. The highest BCUT2D eigenvalue weighted by atomic mass is 16.5. The van der Waals surface area contributed by atoms with Crippen LogP contribution in [0.4, 0.5) is 0 Å². The van der Waals surface area contributed by atoms with Crippen LogP contribution in [0.5, 0.6) is 17.2 Å². The van der Waals surface area contributed by atoms with Gasteiger partial charge in [0.25, 0.3) is 0 Å². The number of aliphatic hydroxyl groups is 1. The smallest absolute Gasteiger partial charge is 0.244 e. The van der Waals surface area contributed by atoms with E-state index in [0.29, 0.717) is 22.8 Å². The maximum Gasteiger partial charge on any atom is 0.244 e. The quantitative estimate of drug-likeness (QED) is 0.710. The number of rotatable bonds is 8. The molecule has 2 rings (SSSR count). The molecule has 0 bridgehead atoms. The van der Waals surface area contributed by atoms with Crippen molar-refractivity contribution in [2.24, 2.45) is 0 Å². The van der Waals surface area contributed by atoms with Gasteiger partial charge in [-0.1, -0.05) is 30.3 Å². The Bertz CT molecular complexity index is 733. The van der Waals surface area contributed by atoms with Crippen LogP contribution in [0.25, 0.3) is 6.08 Å². The van der Waals surface area contributed by atoms with E-state index in [1.54, 1.807) is 18.2 Å². The molecule has 0 saturated heterocycles. The van der Waals surface area contributed by atoms with Crippen LogP contribution in [-0.2, 0) is 4.79 Å². The van der Waals surface area contributed by atoms with Crippen LogP contribution in [0, 0.1) is 0 Å². The molecule has 2 aromatic carbocycles. The average molecular weight is 357 g/mol. The van der Waals surface area contributed by atoms with Gasteiger partial charge in [0.1, 0.15) is 0 Å². The molecule has 6 heteroatoms. The van der Waals surface area contributed by atoms with E-state index in [1.807, 2.05) is 30.3 Å². The van der Waals surface area contributed by atoms with Crippen LogP contribution in [-0.4, -0.2) is 38.9 Å². The number of hydrogen-bond acceptors (Lipinski definition) is 5. The molecular weight excluding hydrogens is 334 g/mol. The van der Waals surface area contributed by atoms with Crippen LogP contribution in [0.2, 0.25) is 0 Å². The van der Waals surface area contributed by atoms with Gasteiger partial charge in [0, 0.05) is 12.6 Å². The summed E-state index contributed by atoms with van der Waals surface area (Å²) in [5, 5.41) is 13.0. The first-order valence-corrected chi connectivity index (χ1v) is 8.08. The van der Waals surface area contributed by atoms with Crippen molar-refractivity contribution >= 4 is 12.0 Å². The van der Waals surface area contributed by atoms with Crippen LogP contribution in [0.1, 0.15) is 17.2 Å². The Morgan fingerprint density at radius 2 is 1.69 bits per heavy atom. The summed E-state index contributed by atoms with van der Waals surface area (Å²) in [6.45, 7) is 0.0522. The second kappa shape index (κ2) is 9.48. The fourth-order valence-corrected chi connectivity index (χ4v) is 2.40. The van der Waals surface area contributed by atoms with Crippen molar-refractivity contribution in [2.75, 3.05) is 27.9 Å². The number of hydrogen-bond donors (Lipinski definition) is 2. The zero-order valence-electron chi connectivity index (χ0n) is 15.1. The van der Waals surface area contributed by atoms with E-state index in [1.165, 1.54) is 27.4 Å². The number of methoxy groups -OCH3 is 3. The Balaban J connectivity index is 2.02. The average Bonchev–Trinajstić information content (AvgIpc) is 2.69. The standard InChI is InChI=1S/C20H23NO5/c1-24-17-11-15(12-18(25-2)20(17)26-3)16(22)13-21-19(23)10-9-14-7-5-4-6-8-14/h4-12,16,22H,13H2,1-3H3,(H,21,23)/b10-9+/t16-/m0/s1. The molecule has 0 saturated carbocycles. The third-order valence-corrected chi connectivity index (χ3v) is 3.77. The fourth-order valence-electron chi connectivity index (χ4n) is 2.40. The van der Waals surface area contributed by atoms with Gasteiger partial charge in [-0.15, -0.1) is 0 Å². The van der Waals surface area contributed by atoms with E-state index in [9.17, 15) is 9.90 Å². The molecule has 1 atom stereocenters. The summed E-state index contributed by atoms with van der Waals surface area (Å²) in [7, 11) is 4.52. The van der Waals surface area contributed by atoms with Crippen molar-refractivity contribution < 1.29 is 24.1 Å². The summed E-state index contributed by atoms with van der Waals surface area (Å²) < 4.78 is 15.8. The maximum absolute atomic E-state index is 11.9. The fraction of sp³-hybridized carbons (Fsp3) is 0.250. The van der Waals surface area contributed by atoms with Crippen LogP contribution in [0.15, 0.2) is 48.5 Å². The van der Waals surface area contributed by atoms with Gasteiger partial charge in [0.2, 0.25) is 11.7 Å². The lowest BCUT2D eigenvalue weighted by molar-refractivity contribution is -0.116. The predicted octanol–water partition coefficient (Wildman–Crippen LogP) is 2.58. The summed E-state index contributed by atoms with van der Waals surface area (Å²) in [6.07, 6.45) is 2.22. The first-order chi connectivity index (χ1) is 12.6. The molecule has 1 amide bonds. The summed E-state index contributed by atoms with van der Waals surface area (Å²) in [4.78, 5) is 11.9. The minimum Gasteiger partial charge on any atom is -0.493 e. The van der Waals surface area contributed by atoms with Crippen molar-refractivity contribution in [2.45, 2.75) is 6.10 Å². The van der Waals surface area contributed by atoms with Crippen LogP contribution < -0.4 is 19.5 Å². The van der Waals surface area contributed by atoms with Crippen LogP contribution >= 0.6 is 0 Å². The highest BCUT2D eigenvalue weighted by Gasteiger charge is 2.17. The zero-order valence-corrected chi connectivity index (χ0v) is 15.1.